The van der Waals surface area contributed by atoms with Crippen LogP contribution in [0.25, 0.3) is 11.1 Å². The molecular weight excluding hydrogens is 502 g/mol. The van der Waals surface area contributed by atoms with Gasteiger partial charge in [0.2, 0.25) is 11.7 Å². The molecule has 1 aromatic heterocycles. The van der Waals surface area contributed by atoms with Crippen molar-refractivity contribution in [1.29, 1.82) is 0 Å². The van der Waals surface area contributed by atoms with Crippen LogP contribution in [0.2, 0.25) is 0 Å². The van der Waals surface area contributed by atoms with E-state index in [9.17, 15) is 14.4 Å². The van der Waals surface area contributed by atoms with Gasteiger partial charge in [-0.25, -0.2) is 9.69 Å². The van der Waals surface area contributed by atoms with Crippen LogP contribution in [-0.2, 0) is 25.4 Å². The SMILES string of the molecule is Cc1cccc(-c2cc(C(=O)C(C)C(=O)N3C(=O)OC(C)(C)C3C(C)C)oc2CCCOCCOCCO)c1. The molecule has 2 aromatic rings. The predicted octanol–water partition coefficient (Wildman–Crippen LogP) is 4.81. The van der Waals surface area contributed by atoms with Gasteiger partial charge in [0.25, 0.3) is 0 Å². The number of Topliss-reactive ketones (excluding diaryl/α,β-unsaturated/α-hetero) is 1. The van der Waals surface area contributed by atoms with Crippen molar-refractivity contribution in [2.75, 3.05) is 33.0 Å². The summed E-state index contributed by atoms with van der Waals surface area (Å²) in [6.45, 7) is 12.4. The van der Waals surface area contributed by atoms with E-state index in [-0.39, 0.29) is 24.9 Å². The van der Waals surface area contributed by atoms with Crippen molar-refractivity contribution in [2.45, 2.75) is 66.0 Å². The summed E-state index contributed by atoms with van der Waals surface area (Å²) in [7, 11) is 0. The quantitative estimate of drug-likeness (QED) is 0.205. The molecule has 0 spiro atoms. The highest BCUT2D eigenvalue weighted by Crippen LogP contribution is 2.36. The first kappa shape index (κ1) is 30.5. The molecule has 1 fully saturated rings. The van der Waals surface area contributed by atoms with E-state index < -0.39 is 35.3 Å². The number of imide groups is 1. The fourth-order valence-electron chi connectivity index (χ4n) is 5.14. The second-order valence-electron chi connectivity index (χ2n) is 10.8. The number of ether oxygens (including phenoxy) is 3. The molecule has 0 aliphatic carbocycles. The normalized spacial score (nSPS) is 17.5. The lowest BCUT2D eigenvalue weighted by Crippen LogP contribution is -2.50. The van der Waals surface area contributed by atoms with Crippen molar-refractivity contribution in [3.05, 3.63) is 47.4 Å². The van der Waals surface area contributed by atoms with Crippen molar-refractivity contribution in [3.8, 4) is 11.1 Å². The lowest BCUT2D eigenvalue weighted by atomic mass is 9.88. The number of hydrogen-bond donors (Lipinski definition) is 1. The van der Waals surface area contributed by atoms with Crippen LogP contribution < -0.4 is 0 Å². The Labute approximate surface area is 230 Å². The fourth-order valence-corrected chi connectivity index (χ4v) is 5.14. The van der Waals surface area contributed by atoms with Gasteiger partial charge in [-0.3, -0.25) is 9.59 Å². The Morgan fingerprint density at radius 1 is 1.08 bits per heavy atom. The zero-order valence-electron chi connectivity index (χ0n) is 23.8. The van der Waals surface area contributed by atoms with Crippen LogP contribution in [0.3, 0.4) is 0 Å². The zero-order chi connectivity index (χ0) is 28.7. The number of nitrogens with zero attached hydrogens (tertiary/aromatic N) is 1. The smallest absolute Gasteiger partial charge is 0.417 e. The fraction of sp³-hybridized carbons (Fsp3) is 0.567. The lowest BCUT2D eigenvalue weighted by molar-refractivity contribution is -0.132. The number of carbonyl (C=O) groups excluding carboxylic acids is 3. The van der Waals surface area contributed by atoms with Crippen molar-refractivity contribution >= 4 is 17.8 Å². The highest BCUT2D eigenvalue weighted by molar-refractivity contribution is 6.12. The second-order valence-corrected chi connectivity index (χ2v) is 10.8. The second kappa shape index (κ2) is 13.4. The Morgan fingerprint density at radius 2 is 1.77 bits per heavy atom. The Balaban J connectivity index is 1.78. The third-order valence-electron chi connectivity index (χ3n) is 6.85. The van der Waals surface area contributed by atoms with Gasteiger partial charge in [-0.1, -0.05) is 43.7 Å². The molecule has 1 aliphatic heterocycles. The number of benzene rings is 1. The van der Waals surface area contributed by atoms with Crippen LogP contribution in [0.15, 0.2) is 34.7 Å². The number of hydrogen-bond acceptors (Lipinski definition) is 8. The average Bonchev–Trinajstić information content (AvgIpc) is 3.41. The average molecular weight is 544 g/mol. The number of aryl methyl sites for hydroxylation is 2. The van der Waals surface area contributed by atoms with Gasteiger partial charge in [-0.2, -0.15) is 0 Å². The van der Waals surface area contributed by atoms with Crippen LogP contribution in [0.1, 0.15) is 62.9 Å². The van der Waals surface area contributed by atoms with E-state index in [2.05, 4.69) is 0 Å². The summed E-state index contributed by atoms with van der Waals surface area (Å²) in [6.07, 6.45) is 0.447. The van der Waals surface area contributed by atoms with Crippen LogP contribution in [0.4, 0.5) is 4.79 Å². The highest BCUT2D eigenvalue weighted by atomic mass is 16.6. The molecule has 9 heteroatoms. The van der Waals surface area contributed by atoms with E-state index >= 15 is 0 Å². The van der Waals surface area contributed by atoms with E-state index in [1.165, 1.54) is 6.92 Å². The Hall–Kier alpha value is -3.01. The molecule has 0 bridgehead atoms. The molecule has 39 heavy (non-hydrogen) atoms. The van der Waals surface area contributed by atoms with Gasteiger partial charge in [0.15, 0.2) is 5.76 Å². The minimum atomic E-state index is -1.13. The van der Waals surface area contributed by atoms with Crippen molar-refractivity contribution in [2.24, 2.45) is 11.8 Å². The first-order valence-corrected chi connectivity index (χ1v) is 13.5. The minimum Gasteiger partial charge on any atom is -0.457 e. The van der Waals surface area contributed by atoms with Crippen LogP contribution >= 0.6 is 0 Å². The summed E-state index contributed by atoms with van der Waals surface area (Å²) in [4.78, 5) is 40.7. The maximum atomic E-state index is 13.5. The van der Waals surface area contributed by atoms with E-state index in [4.69, 9.17) is 23.7 Å². The largest absolute Gasteiger partial charge is 0.457 e. The molecule has 1 aromatic carbocycles. The topological polar surface area (TPSA) is 116 Å². The monoisotopic (exact) mass is 543 g/mol. The van der Waals surface area contributed by atoms with Gasteiger partial charge in [0.05, 0.1) is 32.5 Å². The number of furan rings is 1. The number of amides is 2. The van der Waals surface area contributed by atoms with E-state index in [0.29, 0.717) is 38.4 Å². The van der Waals surface area contributed by atoms with Crippen molar-refractivity contribution in [3.63, 3.8) is 0 Å². The van der Waals surface area contributed by atoms with Crippen LogP contribution in [-0.4, -0.2) is 72.5 Å². The first-order valence-electron chi connectivity index (χ1n) is 13.5. The summed E-state index contributed by atoms with van der Waals surface area (Å²) >= 11 is 0. The standard InChI is InChI=1S/C30H41NO8/c1-19(2)27-30(5,6)39-29(35)31(27)28(34)21(4)26(33)25-18-23(22-10-7-9-20(3)17-22)24(38-25)11-8-13-36-15-16-37-14-12-32/h7,9-10,17-19,21,27,32H,8,11-16H2,1-6H3. The third kappa shape index (κ3) is 7.35. The summed E-state index contributed by atoms with van der Waals surface area (Å²) in [5.41, 5.74) is 1.91. The number of ketones is 1. The van der Waals surface area contributed by atoms with E-state index in [0.717, 1.165) is 21.6 Å². The summed E-state index contributed by atoms with van der Waals surface area (Å²) in [5, 5.41) is 8.75. The molecule has 214 valence electrons. The van der Waals surface area contributed by atoms with Crippen LogP contribution in [0.5, 0.6) is 0 Å². The number of aliphatic hydroxyl groups excluding tert-OH is 1. The van der Waals surface area contributed by atoms with Gasteiger partial charge in [0, 0.05) is 18.6 Å². The molecule has 2 amide bonds. The maximum Gasteiger partial charge on any atom is 0.417 e. The Morgan fingerprint density at radius 3 is 2.41 bits per heavy atom. The molecule has 0 radical (unpaired) electrons. The van der Waals surface area contributed by atoms with Gasteiger partial charge < -0.3 is 23.7 Å². The molecule has 2 atom stereocenters. The molecule has 2 heterocycles. The molecule has 0 saturated carbocycles. The highest BCUT2D eigenvalue weighted by Gasteiger charge is 2.53. The van der Waals surface area contributed by atoms with Gasteiger partial charge in [-0.15, -0.1) is 0 Å². The maximum absolute atomic E-state index is 13.5. The molecule has 9 nitrogen and oxygen atoms in total. The van der Waals surface area contributed by atoms with Crippen LogP contribution in [0, 0.1) is 18.8 Å². The number of cyclic esters (lactones) is 1. The Kier molecular flexibility index (Phi) is 10.5. The summed E-state index contributed by atoms with van der Waals surface area (Å²) in [6, 6.07) is 9.10. The molecule has 2 unspecified atom stereocenters. The molecule has 1 aliphatic rings. The minimum absolute atomic E-state index is 0.0239. The van der Waals surface area contributed by atoms with Crippen molar-refractivity contribution < 1.29 is 38.1 Å². The Bertz CT molecular complexity index is 1150. The molecule has 1 saturated heterocycles. The van der Waals surface area contributed by atoms with Gasteiger partial charge in [0.1, 0.15) is 17.3 Å². The lowest BCUT2D eigenvalue weighted by Gasteiger charge is -2.31. The molecule has 1 N–H and O–H groups in total. The number of carbonyl (C=O) groups is 3. The number of rotatable bonds is 14. The zero-order valence-corrected chi connectivity index (χ0v) is 23.8. The van der Waals surface area contributed by atoms with Gasteiger partial charge in [-0.05, 0) is 51.7 Å². The summed E-state index contributed by atoms with van der Waals surface area (Å²) < 4.78 is 22.3. The van der Waals surface area contributed by atoms with Crippen molar-refractivity contribution in [1.82, 2.24) is 4.90 Å². The van der Waals surface area contributed by atoms with Gasteiger partial charge >= 0.3 is 6.09 Å². The summed E-state index contributed by atoms with van der Waals surface area (Å²) in [5.74, 6) is -1.55. The predicted molar refractivity (Wildman–Crippen MR) is 145 cm³/mol. The third-order valence-corrected chi connectivity index (χ3v) is 6.85. The molecular formula is C30H41NO8. The van der Waals surface area contributed by atoms with E-state index in [1.54, 1.807) is 19.9 Å². The number of aliphatic hydroxyl groups is 1. The van der Waals surface area contributed by atoms with E-state index in [1.807, 2.05) is 45.0 Å². The molecule has 3 rings (SSSR count). The first-order chi connectivity index (χ1) is 18.5.